The van der Waals surface area contributed by atoms with Gasteiger partial charge in [-0.15, -0.1) is 0 Å². The number of nitrogens with zero attached hydrogens (tertiary/aromatic N) is 4. The molecule has 1 aromatic heterocycles. The molecule has 1 aliphatic heterocycles. The van der Waals surface area contributed by atoms with E-state index >= 15 is 0 Å². The minimum atomic E-state index is -0.321. The molecular weight excluding hydrogens is 364 g/mol. The second-order valence-corrected chi connectivity index (χ2v) is 6.74. The molecule has 0 saturated carbocycles. The van der Waals surface area contributed by atoms with Crippen molar-refractivity contribution in [1.29, 1.82) is 5.26 Å². The van der Waals surface area contributed by atoms with Gasteiger partial charge >= 0.3 is 0 Å². The summed E-state index contributed by atoms with van der Waals surface area (Å²) in [6, 6.07) is 18.5. The first-order chi connectivity index (χ1) is 14.2. The van der Waals surface area contributed by atoms with Crippen LogP contribution >= 0.6 is 0 Å². The first kappa shape index (κ1) is 18.4. The Bertz CT molecular complexity index is 1050. The van der Waals surface area contributed by atoms with Gasteiger partial charge in [0.1, 0.15) is 11.8 Å². The van der Waals surface area contributed by atoms with Gasteiger partial charge in [0, 0.05) is 30.7 Å². The Balaban J connectivity index is 1.45. The monoisotopic (exact) mass is 384 g/mol. The van der Waals surface area contributed by atoms with Crippen LogP contribution in [0.2, 0.25) is 0 Å². The van der Waals surface area contributed by atoms with Gasteiger partial charge < -0.3 is 15.5 Å². The number of rotatable bonds is 5. The van der Waals surface area contributed by atoms with Gasteiger partial charge in [-0.2, -0.15) is 5.26 Å². The molecule has 2 N–H and O–H groups in total. The zero-order chi connectivity index (χ0) is 20.1. The lowest BCUT2D eigenvalue weighted by atomic mass is 10.2. The summed E-state index contributed by atoms with van der Waals surface area (Å²) in [6.45, 7) is 2.16. The highest BCUT2D eigenvalue weighted by atomic mass is 16.1. The molecule has 29 heavy (non-hydrogen) atoms. The molecule has 4 rings (SSSR count). The number of nitrogens with one attached hydrogen (secondary N) is 2. The van der Waals surface area contributed by atoms with Crippen molar-refractivity contribution in [2.75, 3.05) is 28.6 Å². The SMILES string of the molecule is N#Cc1ccccc1Nc1nccc(C(=O)Nc2ccc(N3CCCC3)cc2)n1. The van der Waals surface area contributed by atoms with Crippen LogP contribution in [0, 0.1) is 11.3 Å². The molecule has 7 nitrogen and oxygen atoms in total. The molecule has 1 fully saturated rings. The van der Waals surface area contributed by atoms with Gasteiger partial charge in [0.25, 0.3) is 5.91 Å². The largest absolute Gasteiger partial charge is 0.372 e. The summed E-state index contributed by atoms with van der Waals surface area (Å²) in [5.41, 5.74) is 3.18. The minimum absolute atomic E-state index is 0.237. The highest BCUT2D eigenvalue weighted by Gasteiger charge is 2.13. The van der Waals surface area contributed by atoms with Gasteiger partial charge in [0.15, 0.2) is 0 Å². The quantitative estimate of drug-likeness (QED) is 0.692. The summed E-state index contributed by atoms with van der Waals surface area (Å²) in [7, 11) is 0. The Hall–Kier alpha value is -3.92. The molecular formula is C22H20N6O. The van der Waals surface area contributed by atoms with E-state index in [1.807, 2.05) is 30.3 Å². The van der Waals surface area contributed by atoms with Crippen LogP contribution in [0.3, 0.4) is 0 Å². The van der Waals surface area contributed by atoms with E-state index in [0.717, 1.165) is 13.1 Å². The first-order valence-electron chi connectivity index (χ1n) is 9.48. The number of hydrogen-bond donors (Lipinski definition) is 2. The van der Waals surface area contributed by atoms with Gasteiger partial charge in [0.2, 0.25) is 5.95 Å². The van der Waals surface area contributed by atoms with Crippen LogP contribution in [-0.4, -0.2) is 29.0 Å². The van der Waals surface area contributed by atoms with Crippen LogP contribution in [0.4, 0.5) is 23.0 Å². The van der Waals surface area contributed by atoms with Crippen LogP contribution in [-0.2, 0) is 0 Å². The zero-order valence-corrected chi connectivity index (χ0v) is 15.8. The van der Waals surface area contributed by atoms with Gasteiger partial charge in [-0.3, -0.25) is 4.79 Å². The van der Waals surface area contributed by atoms with E-state index in [0.29, 0.717) is 16.9 Å². The van der Waals surface area contributed by atoms with E-state index in [1.165, 1.54) is 24.7 Å². The smallest absolute Gasteiger partial charge is 0.274 e. The third-order valence-corrected chi connectivity index (χ3v) is 4.78. The second kappa shape index (κ2) is 8.40. The number of carbonyl (C=O) groups is 1. The summed E-state index contributed by atoms with van der Waals surface area (Å²) >= 11 is 0. The predicted molar refractivity (Wildman–Crippen MR) is 112 cm³/mol. The summed E-state index contributed by atoms with van der Waals surface area (Å²) in [6.07, 6.45) is 3.96. The van der Waals surface area contributed by atoms with Crippen LogP contribution in [0.25, 0.3) is 0 Å². The number of aromatic nitrogens is 2. The number of para-hydroxylation sites is 1. The van der Waals surface area contributed by atoms with Gasteiger partial charge in [-0.1, -0.05) is 12.1 Å². The Morgan fingerprint density at radius 2 is 1.79 bits per heavy atom. The third kappa shape index (κ3) is 4.33. The molecule has 2 aromatic carbocycles. The molecule has 0 bridgehead atoms. The molecule has 0 radical (unpaired) electrons. The maximum atomic E-state index is 12.6. The van der Waals surface area contributed by atoms with Crippen LogP contribution in [0.15, 0.2) is 60.8 Å². The molecule has 144 valence electrons. The van der Waals surface area contributed by atoms with Crippen LogP contribution in [0.1, 0.15) is 28.9 Å². The lowest BCUT2D eigenvalue weighted by Gasteiger charge is -2.17. The maximum absolute atomic E-state index is 12.6. The van der Waals surface area contributed by atoms with Crippen molar-refractivity contribution in [3.8, 4) is 6.07 Å². The highest BCUT2D eigenvalue weighted by Crippen LogP contribution is 2.22. The van der Waals surface area contributed by atoms with Gasteiger partial charge in [-0.25, -0.2) is 9.97 Å². The number of anilines is 4. The molecule has 3 aromatic rings. The van der Waals surface area contributed by atoms with E-state index in [4.69, 9.17) is 0 Å². The molecule has 7 heteroatoms. The topological polar surface area (TPSA) is 93.9 Å². The number of hydrogen-bond acceptors (Lipinski definition) is 6. The fourth-order valence-corrected chi connectivity index (χ4v) is 3.28. The minimum Gasteiger partial charge on any atom is -0.372 e. The number of benzene rings is 2. The van der Waals surface area contributed by atoms with Crippen molar-refractivity contribution < 1.29 is 4.79 Å². The molecule has 0 unspecified atom stereocenters. The normalized spacial score (nSPS) is 13.0. The summed E-state index contributed by atoms with van der Waals surface area (Å²) in [4.78, 5) is 23.3. The van der Waals surface area contributed by atoms with Gasteiger partial charge in [0.05, 0.1) is 11.3 Å². The van der Waals surface area contributed by atoms with E-state index in [1.54, 1.807) is 24.3 Å². The van der Waals surface area contributed by atoms with Gasteiger partial charge in [-0.05, 0) is 55.3 Å². The number of amides is 1. The Labute approximate surface area is 169 Å². The van der Waals surface area contributed by atoms with Crippen molar-refractivity contribution in [3.05, 3.63) is 72.1 Å². The molecule has 0 aliphatic carbocycles. The van der Waals surface area contributed by atoms with Crippen molar-refractivity contribution in [3.63, 3.8) is 0 Å². The molecule has 2 heterocycles. The summed E-state index contributed by atoms with van der Waals surface area (Å²) < 4.78 is 0. The van der Waals surface area contributed by atoms with E-state index in [-0.39, 0.29) is 17.5 Å². The van der Waals surface area contributed by atoms with Crippen molar-refractivity contribution in [2.45, 2.75) is 12.8 Å². The Morgan fingerprint density at radius 3 is 2.55 bits per heavy atom. The highest BCUT2D eigenvalue weighted by molar-refractivity contribution is 6.03. The standard InChI is InChI=1S/C22H20N6O/c23-15-16-5-1-2-6-19(16)26-22-24-12-11-20(27-22)21(29)25-17-7-9-18(10-8-17)28-13-3-4-14-28/h1-2,5-12H,3-4,13-14H2,(H,25,29)(H,24,26,27). The summed E-state index contributed by atoms with van der Waals surface area (Å²) in [5, 5.41) is 15.0. The molecule has 1 aliphatic rings. The fraction of sp³-hybridized carbons (Fsp3) is 0.182. The van der Waals surface area contributed by atoms with E-state index in [2.05, 4.69) is 31.6 Å². The summed E-state index contributed by atoms with van der Waals surface area (Å²) in [5.74, 6) is -0.0670. The lowest BCUT2D eigenvalue weighted by molar-refractivity contribution is 0.102. The second-order valence-electron chi connectivity index (χ2n) is 6.74. The Morgan fingerprint density at radius 1 is 1.03 bits per heavy atom. The number of nitriles is 1. The van der Waals surface area contributed by atoms with Crippen molar-refractivity contribution >= 4 is 28.9 Å². The average molecular weight is 384 g/mol. The first-order valence-corrected chi connectivity index (χ1v) is 9.48. The third-order valence-electron chi connectivity index (χ3n) is 4.78. The van der Waals surface area contributed by atoms with E-state index < -0.39 is 0 Å². The molecule has 0 spiro atoms. The fourth-order valence-electron chi connectivity index (χ4n) is 3.28. The number of carbonyl (C=O) groups excluding carboxylic acids is 1. The Kier molecular flexibility index (Phi) is 5.34. The van der Waals surface area contributed by atoms with Crippen molar-refractivity contribution in [1.82, 2.24) is 9.97 Å². The average Bonchev–Trinajstić information content (AvgIpc) is 3.30. The molecule has 1 amide bonds. The van der Waals surface area contributed by atoms with Crippen LogP contribution < -0.4 is 15.5 Å². The predicted octanol–water partition coefficient (Wildman–Crippen LogP) is 3.94. The van der Waals surface area contributed by atoms with E-state index in [9.17, 15) is 10.1 Å². The molecule has 0 atom stereocenters. The van der Waals surface area contributed by atoms with Crippen molar-refractivity contribution in [2.24, 2.45) is 0 Å². The zero-order valence-electron chi connectivity index (χ0n) is 15.8. The lowest BCUT2D eigenvalue weighted by Crippen LogP contribution is -2.18. The van der Waals surface area contributed by atoms with Crippen LogP contribution in [0.5, 0.6) is 0 Å². The maximum Gasteiger partial charge on any atom is 0.274 e. The molecule has 1 saturated heterocycles.